The molecule has 0 unspecified atom stereocenters. The number of nitrogens with zero attached hydrogens (tertiary/aromatic N) is 1. The summed E-state index contributed by atoms with van der Waals surface area (Å²) in [6.45, 7) is 0.152. The van der Waals surface area contributed by atoms with Crippen molar-refractivity contribution >= 4 is 6.09 Å². The topological polar surface area (TPSA) is 72.8 Å². The van der Waals surface area contributed by atoms with Gasteiger partial charge < -0.3 is 5.32 Å². The second-order valence-electron chi connectivity index (χ2n) is 1.12. The molecular weight excluding hydrogens is 108 g/mol. The molecule has 0 aromatic rings. The first-order valence-corrected chi connectivity index (χ1v) is 2.09. The van der Waals surface area contributed by atoms with E-state index in [1.807, 2.05) is 5.32 Å². The lowest BCUT2D eigenvalue weighted by atomic mass is 10.5. The zero-order valence-electron chi connectivity index (χ0n) is 4.18. The van der Waals surface area contributed by atoms with E-state index in [-0.39, 0.29) is 13.0 Å². The molecule has 1 N–H and O–H groups in total. The van der Waals surface area contributed by atoms with E-state index in [0.29, 0.717) is 0 Å². The van der Waals surface area contributed by atoms with Gasteiger partial charge in [-0.15, -0.1) is 0 Å². The molecule has 4 nitrogen and oxygen atoms in total. The zero-order chi connectivity index (χ0) is 6.41. The summed E-state index contributed by atoms with van der Waals surface area (Å²) in [6, 6.07) is 1.77. The van der Waals surface area contributed by atoms with Gasteiger partial charge in [0.25, 0.3) is 0 Å². The standard InChI is InChI=1S/C4H5N2O2/c5-2-1-3-6-4(7)8/h6H,1,3H2. The van der Waals surface area contributed by atoms with Crippen molar-refractivity contribution in [1.82, 2.24) is 5.32 Å². The Bertz CT molecular complexity index is 116. The molecule has 0 atom stereocenters. The van der Waals surface area contributed by atoms with Crippen molar-refractivity contribution in [2.45, 2.75) is 6.42 Å². The Hall–Kier alpha value is -1.24. The Morgan fingerprint density at radius 3 is 2.75 bits per heavy atom. The Kier molecular flexibility index (Phi) is 3.32. The lowest BCUT2D eigenvalue weighted by Gasteiger charge is -1.87. The van der Waals surface area contributed by atoms with Crippen molar-refractivity contribution in [3.8, 4) is 6.07 Å². The quantitative estimate of drug-likeness (QED) is 0.513. The van der Waals surface area contributed by atoms with Gasteiger partial charge in [0, 0.05) is 6.54 Å². The van der Waals surface area contributed by atoms with Crippen LogP contribution in [0.1, 0.15) is 6.42 Å². The van der Waals surface area contributed by atoms with Crippen molar-refractivity contribution in [1.29, 1.82) is 5.26 Å². The zero-order valence-corrected chi connectivity index (χ0v) is 4.18. The largest absolute Gasteiger partial charge is 0.450 e. The fourth-order valence-corrected chi connectivity index (χ4v) is 0.220. The van der Waals surface area contributed by atoms with Crippen LogP contribution < -0.4 is 5.32 Å². The van der Waals surface area contributed by atoms with Gasteiger partial charge >= 0.3 is 6.09 Å². The molecular formula is C4H5N2O2. The molecule has 1 radical (unpaired) electrons. The summed E-state index contributed by atoms with van der Waals surface area (Å²) >= 11 is 0. The van der Waals surface area contributed by atoms with Crippen LogP contribution in [-0.2, 0) is 5.11 Å². The van der Waals surface area contributed by atoms with Crippen molar-refractivity contribution in [3.05, 3.63) is 0 Å². The SMILES string of the molecule is N#CCCNC([O])=O. The Morgan fingerprint density at radius 2 is 2.38 bits per heavy atom. The third-order valence-corrected chi connectivity index (χ3v) is 0.506. The molecule has 4 heteroatoms. The summed E-state index contributed by atoms with van der Waals surface area (Å²) in [6.07, 6.45) is -1.14. The van der Waals surface area contributed by atoms with E-state index in [1.165, 1.54) is 0 Å². The fourth-order valence-electron chi connectivity index (χ4n) is 0.220. The van der Waals surface area contributed by atoms with E-state index < -0.39 is 6.09 Å². The monoisotopic (exact) mass is 113 g/mol. The molecule has 0 aromatic heterocycles. The van der Waals surface area contributed by atoms with Crippen LogP contribution in [-0.4, -0.2) is 12.6 Å². The van der Waals surface area contributed by atoms with E-state index in [2.05, 4.69) is 0 Å². The van der Waals surface area contributed by atoms with Crippen LogP contribution in [0.25, 0.3) is 0 Å². The summed E-state index contributed by atoms with van der Waals surface area (Å²) in [4.78, 5) is 9.54. The molecule has 0 bridgehead atoms. The van der Waals surface area contributed by atoms with E-state index in [1.54, 1.807) is 6.07 Å². The number of amides is 1. The fraction of sp³-hybridized carbons (Fsp3) is 0.500. The van der Waals surface area contributed by atoms with E-state index in [4.69, 9.17) is 5.26 Å². The number of nitrogens with one attached hydrogen (secondary N) is 1. The van der Waals surface area contributed by atoms with Gasteiger partial charge in [-0.2, -0.15) is 5.26 Å². The van der Waals surface area contributed by atoms with E-state index in [9.17, 15) is 9.90 Å². The number of hydrogen-bond acceptors (Lipinski definition) is 2. The first-order valence-electron chi connectivity index (χ1n) is 2.09. The van der Waals surface area contributed by atoms with Crippen molar-refractivity contribution in [3.63, 3.8) is 0 Å². The van der Waals surface area contributed by atoms with Crippen molar-refractivity contribution in [2.75, 3.05) is 6.54 Å². The third kappa shape index (κ3) is 4.76. The van der Waals surface area contributed by atoms with Gasteiger partial charge in [-0.3, -0.25) is 0 Å². The van der Waals surface area contributed by atoms with Crippen LogP contribution in [0.5, 0.6) is 0 Å². The Morgan fingerprint density at radius 1 is 1.75 bits per heavy atom. The smallest absolute Gasteiger partial charge is 0.317 e. The molecule has 1 amide bonds. The number of nitriles is 1. The predicted octanol–water partition coefficient (Wildman–Crippen LogP) is 0.0402. The van der Waals surface area contributed by atoms with Crippen LogP contribution in [0.4, 0.5) is 4.79 Å². The maximum Gasteiger partial charge on any atom is 0.450 e. The normalized spacial score (nSPS) is 7.38. The maximum absolute atomic E-state index is 9.54. The minimum Gasteiger partial charge on any atom is -0.317 e. The highest BCUT2D eigenvalue weighted by Gasteiger charge is 1.92. The van der Waals surface area contributed by atoms with Gasteiger partial charge in [0.15, 0.2) is 0 Å². The molecule has 0 aliphatic rings. The second-order valence-corrected chi connectivity index (χ2v) is 1.12. The summed E-state index contributed by atoms with van der Waals surface area (Å²) in [7, 11) is 0. The number of carbonyl (C=O) groups is 1. The average Bonchev–Trinajstić information content (AvgIpc) is 1.66. The molecule has 0 spiro atoms. The van der Waals surface area contributed by atoms with Gasteiger partial charge in [0.2, 0.25) is 0 Å². The van der Waals surface area contributed by atoms with Crippen LogP contribution in [0, 0.1) is 11.3 Å². The first kappa shape index (κ1) is 6.76. The van der Waals surface area contributed by atoms with Crippen molar-refractivity contribution in [2.24, 2.45) is 0 Å². The van der Waals surface area contributed by atoms with Crippen LogP contribution in [0.2, 0.25) is 0 Å². The molecule has 0 rings (SSSR count). The Labute approximate surface area is 46.7 Å². The Balaban J connectivity index is 2.97. The van der Waals surface area contributed by atoms with Gasteiger partial charge in [-0.25, -0.2) is 9.90 Å². The molecule has 0 aliphatic heterocycles. The summed E-state index contributed by atoms with van der Waals surface area (Å²) in [5.74, 6) is 0. The molecule has 0 saturated carbocycles. The lowest BCUT2D eigenvalue weighted by Crippen LogP contribution is -2.20. The van der Waals surface area contributed by atoms with Crippen LogP contribution >= 0.6 is 0 Å². The maximum atomic E-state index is 9.54. The first-order chi connectivity index (χ1) is 3.77. The number of rotatable bonds is 2. The summed E-state index contributed by atoms with van der Waals surface area (Å²) in [5.41, 5.74) is 0. The molecule has 43 valence electrons. The minimum absolute atomic E-state index is 0.152. The highest BCUT2D eigenvalue weighted by Crippen LogP contribution is 1.69. The molecule has 0 fully saturated rings. The van der Waals surface area contributed by atoms with E-state index in [0.717, 1.165) is 0 Å². The highest BCUT2D eigenvalue weighted by molar-refractivity contribution is 5.63. The van der Waals surface area contributed by atoms with Gasteiger partial charge in [0.1, 0.15) is 0 Å². The molecule has 0 aliphatic carbocycles. The molecule has 8 heavy (non-hydrogen) atoms. The second kappa shape index (κ2) is 3.93. The number of carbonyl (C=O) groups excluding carboxylic acids is 1. The van der Waals surface area contributed by atoms with Crippen LogP contribution in [0.3, 0.4) is 0 Å². The molecule has 0 saturated heterocycles. The lowest BCUT2D eigenvalue weighted by molar-refractivity contribution is 0.169. The molecule has 0 heterocycles. The summed E-state index contributed by atoms with van der Waals surface area (Å²) in [5, 5.41) is 19.3. The van der Waals surface area contributed by atoms with Gasteiger partial charge in [-0.1, -0.05) is 0 Å². The van der Waals surface area contributed by atoms with Gasteiger partial charge in [0.05, 0.1) is 12.5 Å². The van der Waals surface area contributed by atoms with Gasteiger partial charge in [-0.05, 0) is 0 Å². The van der Waals surface area contributed by atoms with E-state index >= 15 is 0 Å². The van der Waals surface area contributed by atoms with Crippen LogP contribution in [0.15, 0.2) is 0 Å². The minimum atomic E-state index is -1.33. The third-order valence-electron chi connectivity index (χ3n) is 0.506. The number of hydrogen-bond donors (Lipinski definition) is 1. The predicted molar refractivity (Wildman–Crippen MR) is 24.3 cm³/mol. The highest BCUT2D eigenvalue weighted by atomic mass is 16.4. The average molecular weight is 113 g/mol. The summed E-state index contributed by atoms with van der Waals surface area (Å²) < 4.78 is 0. The molecule has 0 aromatic carbocycles. The van der Waals surface area contributed by atoms with Crippen molar-refractivity contribution < 1.29 is 9.90 Å².